The average Bonchev–Trinajstić information content (AvgIpc) is 2.54. The largest absolute Gasteiger partial charge is 0.618 e. The number of rotatable bonds is 0. The second-order valence-corrected chi connectivity index (χ2v) is 3.06. The van der Waals surface area contributed by atoms with Crippen LogP contribution in [0.2, 0.25) is 0 Å². The standard InChI is InChI=1S/C7H5NOS.CH2O2/c9-8-4-1-2-7-6(8)3-5-10-7;2-1-3/h1-5H;1H,(H,2,3). The summed E-state index contributed by atoms with van der Waals surface area (Å²) in [7, 11) is 0. The van der Waals surface area contributed by atoms with E-state index < -0.39 is 0 Å². The van der Waals surface area contributed by atoms with E-state index in [0.29, 0.717) is 0 Å². The SMILES string of the molecule is O=CO.[O-][n+]1cccc2sccc21. The summed E-state index contributed by atoms with van der Waals surface area (Å²) in [6, 6.07) is 5.52. The van der Waals surface area contributed by atoms with Gasteiger partial charge in [-0.2, -0.15) is 4.73 Å². The van der Waals surface area contributed by atoms with E-state index in [1.165, 1.54) is 6.20 Å². The first-order valence-corrected chi connectivity index (χ1v) is 4.31. The Hall–Kier alpha value is -1.62. The third-order valence-corrected chi connectivity index (χ3v) is 2.25. The molecule has 0 saturated carbocycles. The lowest BCUT2D eigenvalue weighted by atomic mass is 10.4. The molecule has 0 aromatic carbocycles. The summed E-state index contributed by atoms with van der Waals surface area (Å²) in [5, 5.41) is 19.8. The van der Waals surface area contributed by atoms with Crippen molar-refractivity contribution >= 4 is 28.0 Å². The molecule has 2 aromatic rings. The van der Waals surface area contributed by atoms with Gasteiger partial charge in [0.05, 0.1) is 0 Å². The molecule has 0 fully saturated rings. The number of nitrogens with zero attached hydrogens (tertiary/aromatic N) is 1. The van der Waals surface area contributed by atoms with Gasteiger partial charge in [0, 0.05) is 12.1 Å². The van der Waals surface area contributed by atoms with Crippen molar-refractivity contribution in [1.82, 2.24) is 0 Å². The summed E-state index contributed by atoms with van der Waals surface area (Å²) in [6.45, 7) is -0.250. The number of hydrogen-bond donors (Lipinski definition) is 1. The van der Waals surface area contributed by atoms with E-state index in [0.717, 1.165) is 14.9 Å². The summed E-state index contributed by atoms with van der Waals surface area (Å²) in [6.07, 6.45) is 1.51. The zero-order chi connectivity index (χ0) is 9.68. The van der Waals surface area contributed by atoms with E-state index in [4.69, 9.17) is 9.90 Å². The fraction of sp³-hybridized carbons (Fsp3) is 0. The summed E-state index contributed by atoms with van der Waals surface area (Å²) in [5.41, 5.74) is 0.757. The lowest BCUT2D eigenvalue weighted by Crippen LogP contribution is -2.24. The van der Waals surface area contributed by atoms with Crippen molar-refractivity contribution in [2.24, 2.45) is 0 Å². The molecule has 0 spiro atoms. The predicted octanol–water partition coefficient (Wildman–Crippen LogP) is 1.24. The van der Waals surface area contributed by atoms with Crippen LogP contribution in [0.4, 0.5) is 0 Å². The summed E-state index contributed by atoms with van der Waals surface area (Å²) in [5.74, 6) is 0. The van der Waals surface area contributed by atoms with Gasteiger partial charge in [-0.05, 0) is 11.4 Å². The quantitative estimate of drug-likeness (QED) is 0.392. The van der Waals surface area contributed by atoms with Crippen LogP contribution in [-0.4, -0.2) is 11.6 Å². The van der Waals surface area contributed by atoms with Gasteiger partial charge in [0.25, 0.3) is 6.47 Å². The maximum absolute atomic E-state index is 11.0. The summed E-state index contributed by atoms with van der Waals surface area (Å²) in [4.78, 5) is 8.36. The number of pyridine rings is 1. The molecule has 0 atom stereocenters. The molecule has 0 radical (unpaired) electrons. The molecule has 68 valence electrons. The summed E-state index contributed by atoms with van der Waals surface area (Å²) < 4.78 is 1.92. The van der Waals surface area contributed by atoms with Crippen LogP contribution >= 0.6 is 11.3 Å². The van der Waals surface area contributed by atoms with Crippen molar-refractivity contribution in [1.29, 1.82) is 0 Å². The van der Waals surface area contributed by atoms with Crippen LogP contribution in [0.25, 0.3) is 10.2 Å². The molecule has 5 heteroatoms. The number of carboxylic acid groups (broad SMARTS) is 1. The Balaban J connectivity index is 0.000000251. The molecular formula is C8H7NO3S. The molecule has 0 aliphatic heterocycles. The second-order valence-electron chi connectivity index (χ2n) is 2.11. The van der Waals surface area contributed by atoms with Gasteiger partial charge >= 0.3 is 0 Å². The van der Waals surface area contributed by atoms with E-state index in [2.05, 4.69) is 0 Å². The van der Waals surface area contributed by atoms with Crippen molar-refractivity contribution in [3.63, 3.8) is 0 Å². The number of fused-ring (bicyclic) bond motifs is 1. The van der Waals surface area contributed by atoms with Crippen LogP contribution in [0.5, 0.6) is 0 Å². The summed E-state index contributed by atoms with van der Waals surface area (Å²) >= 11 is 1.58. The minimum atomic E-state index is -0.250. The zero-order valence-electron chi connectivity index (χ0n) is 6.58. The van der Waals surface area contributed by atoms with Crippen LogP contribution in [0, 0.1) is 5.21 Å². The van der Waals surface area contributed by atoms with E-state index in [1.54, 1.807) is 17.4 Å². The first-order valence-electron chi connectivity index (χ1n) is 3.43. The molecule has 13 heavy (non-hydrogen) atoms. The van der Waals surface area contributed by atoms with E-state index in [9.17, 15) is 5.21 Å². The molecule has 0 aliphatic rings. The highest BCUT2D eigenvalue weighted by Crippen LogP contribution is 2.15. The molecule has 0 saturated heterocycles. The highest BCUT2D eigenvalue weighted by Gasteiger charge is 2.00. The fourth-order valence-electron chi connectivity index (χ4n) is 0.910. The molecule has 0 amide bonds. The highest BCUT2D eigenvalue weighted by atomic mass is 32.1. The van der Waals surface area contributed by atoms with Crippen molar-refractivity contribution in [3.05, 3.63) is 35.0 Å². The molecule has 2 aromatic heterocycles. The van der Waals surface area contributed by atoms with Gasteiger partial charge in [-0.1, -0.05) is 0 Å². The van der Waals surface area contributed by atoms with E-state index in [-0.39, 0.29) is 6.47 Å². The van der Waals surface area contributed by atoms with Gasteiger partial charge in [-0.25, -0.2) is 0 Å². The Morgan fingerprint density at radius 2 is 2.23 bits per heavy atom. The molecule has 4 nitrogen and oxygen atoms in total. The molecular weight excluding hydrogens is 190 g/mol. The Bertz CT molecular complexity index is 399. The molecule has 1 N–H and O–H groups in total. The number of thiophene rings is 1. The first kappa shape index (κ1) is 9.47. The number of aromatic nitrogens is 1. The minimum absolute atomic E-state index is 0.250. The van der Waals surface area contributed by atoms with Crippen LogP contribution in [0.15, 0.2) is 29.8 Å². The second kappa shape index (κ2) is 4.42. The molecule has 2 heterocycles. The smallest absolute Gasteiger partial charge is 0.290 e. The monoisotopic (exact) mass is 197 g/mol. The predicted molar refractivity (Wildman–Crippen MR) is 49.5 cm³/mol. The van der Waals surface area contributed by atoms with Gasteiger partial charge in [0.15, 0.2) is 6.20 Å². The maximum atomic E-state index is 11.0. The molecule has 0 aliphatic carbocycles. The number of carbonyl (C=O) groups is 1. The van der Waals surface area contributed by atoms with Crippen LogP contribution in [0.1, 0.15) is 0 Å². The first-order chi connectivity index (χ1) is 6.29. The van der Waals surface area contributed by atoms with E-state index in [1.807, 2.05) is 17.5 Å². The van der Waals surface area contributed by atoms with Crippen molar-refractivity contribution < 1.29 is 14.6 Å². The van der Waals surface area contributed by atoms with Crippen molar-refractivity contribution in [2.75, 3.05) is 0 Å². The third kappa shape index (κ3) is 2.16. The Morgan fingerprint density at radius 1 is 1.54 bits per heavy atom. The van der Waals surface area contributed by atoms with Crippen molar-refractivity contribution in [2.45, 2.75) is 0 Å². The van der Waals surface area contributed by atoms with Gasteiger partial charge in [0.1, 0.15) is 4.70 Å². The van der Waals surface area contributed by atoms with Gasteiger partial charge in [-0.3, -0.25) is 4.79 Å². The van der Waals surface area contributed by atoms with Crippen LogP contribution < -0.4 is 4.73 Å². The van der Waals surface area contributed by atoms with Gasteiger partial charge in [-0.15, -0.1) is 11.3 Å². The van der Waals surface area contributed by atoms with Crippen LogP contribution in [-0.2, 0) is 4.79 Å². The normalized spacial score (nSPS) is 8.92. The maximum Gasteiger partial charge on any atom is 0.290 e. The van der Waals surface area contributed by atoms with Gasteiger partial charge in [0.2, 0.25) is 5.52 Å². The Kier molecular flexibility index (Phi) is 3.22. The minimum Gasteiger partial charge on any atom is -0.618 e. The van der Waals surface area contributed by atoms with Crippen LogP contribution in [0.3, 0.4) is 0 Å². The molecule has 0 unspecified atom stereocenters. The van der Waals surface area contributed by atoms with E-state index >= 15 is 0 Å². The van der Waals surface area contributed by atoms with Crippen molar-refractivity contribution in [3.8, 4) is 0 Å². The average molecular weight is 197 g/mol. The highest BCUT2D eigenvalue weighted by molar-refractivity contribution is 7.17. The molecule has 2 rings (SSSR count). The Labute approximate surface area is 78.3 Å². The fourth-order valence-corrected chi connectivity index (χ4v) is 1.69. The lowest BCUT2D eigenvalue weighted by Gasteiger charge is -1.93. The third-order valence-electron chi connectivity index (χ3n) is 1.38. The molecule has 0 bridgehead atoms. The Morgan fingerprint density at radius 3 is 2.85 bits per heavy atom. The lowest BCUT2D eigenvalue weighted by molar-refractivity contribution is -0.576. The topological polar surface area (TPSA) is 64.2 Å². The number of hydrogen-bond acceptors (Lipinski definition) is 3. The zero-order valence-corrected chi connectivity index (χ0v) is 7.40. The van der Waals surface area contributed by atoms with Gasteiger partial charge < -0.3 is 10.3 Å².